The Morgan fingerprint density at radius 2 is 1.90 bits per heavy atom. The van der Waals surface area contributed by atoms with Crippen molar-refractivity contribution in [3.63, 3.8) is 0 Å². The average Bonchev–Trinajstić information content (AvgIpc) is 2.84. The first-order chi connectivity index (χ1) is 9.91. The van der Waals surface area contributed by atoms with E-state index in [-0.39, 0.29) is 0 Å². The van der Waals surface area contributed by atoms with E-state index in [9.17, 15) is 8.42 Å². The zero-order chi connectivity index (χ0) is 15.2. The molecule has 0 saturated heterocycles. The highest BCUT2D eigenvalue weighted by molar-refractivity contribution is 9.10. The van der Waals surface area contributed by atoms with Crippen molar-refractivity contribution < 1.29 is 8.42 Å². The summed E-state index contributed by atoms with van der Waals surface area (Å²) in [5.41, 5.74) is 3.96. The van der Waals surface area contributed by atoms with E-state index >= 15 is 0 Å². The van der Waals surface area contributed by atoms with Crippen LogP contribution in [0.15, 0.2) is 45.8 Å². The quantitative estimate of drug-likeness (QED) is 0.811. The normalized spacial score (nSPS) is 14.3. The minimum atomic E-state index is -3.54. The molecule has 1 heterocycles. The summed E-state index contributed by atoms with van der Waals surface area (Å²) >= 11 is 3.38. The fourth-order valence-corrected chi connectivity index (χ4v) is 5.51. The molecule has 2 aromatic rings. The Bertz CT molecular complexity index is 815. The van der Waals surface area contributed by atoms with Crippen molar-refractivity contribution >= 4 is 31.6 Å². The first-order valence-corrected chi connectivity index (χ1v) is 9.02. The topological polar surface area (TPSA) is 37.4 Å². The van der Waals surface area contributed by atoms with Crippen LogP contribution >= 0.6 is 15.9 Å². The zero-order valence-corrected chi connectivity index (χ0v) is 14.3. The first kappa shape index (κ1) is 14.6. The molecule has 0 fully saturated rings. The van der Waals surface area contributed by atoms with Gasteiger partial charge in [0, 0.05) is 11.0 Å². The lowest BCUT2D eigenvalue weighted by atomic mass is 10.1. The number of hydrogen-bond acceptors (Lipinski definition) is 2. The van der Waals surface area contributed by atoms with Gasteiger partial charge in [-0.3, -0.25) is 4.31 Å². The van der Waals surface area contributed by atoms with Crippen LogP contribution in [-0.4, -0.2) is 15.0 Å². The SMILES string of the molecule is Cc1ccc(S(=O)(=O)N2CCc3cccc(C)c32)c(Br)c1. The molecule has 0 bridgehead atoms. The summed E-state index contributed by atoms with van der Waals surface area (Å²) in [6, 6.07) is 11.3. The molecule has 0 aromatic heterocycles. The van der Waals surface area contributed by atoms with Gasteiger partial charge in [0.25, 0.3) is 10.0 Å². The third-order valence-electron chi connectivity index (χ3n) is 3.81. The van der Waals surface area contributed by atoms with Crippen LogP contribution in [0.3, 0.4) is 0 Å². The van der Waals surface area contributed by atoms with Crippen LogP contribution in [-0.2, 0) is 16.4 Å². The summed E-state index contributed by atoms with van der Waals surface area (Å²) in [7, 11) is -3.54. The maximum Gasteiger partial charge on any atom is 0.265 e. The van der Waals surface area contributed by atoms with Crippen LogP contribution in [0.25, 0.3) is 0 Å². The van der Waals surface area contributed by atoms with Crippen molar-refractivity contribution in [2.45, 2.75) is 25.2 Å². The summed E-state index contributed by atoms with van der Waals surface area (Å²) in [5.74, 6) is 0. The molecule has 3 nitrogen and oxygen atoms in total. The Hall–Kier alpha value is -1.33. The van der Waals surface area contributed by atoms with Crippen molar-refractivity contribution in [1.29, 1.82) is 0 Å². The zero-order valence-electron chi connectivity index (χ0n) is 11.9. The molecule has 110 valence electrons. The molecule has 0 radical (unpaired) electrons. The number of nitrogens with zero attached hydrogens (tertiary/aromatic N) is 1. The number of rotatable bonds is 2. The van der Waals surface area contributed by atoms with Gasteiger partial charge in [0.1, 0.15) is 4.90 Å². The molecular weight excluding hydrogens is 350 g/mol. The van der Waals surface area contributed by atoms with E-state index in [2.05, 4.69) is 15.9 Å². The summed E-state index contributed by atoms with van der Waals surface area (Å²) in [5, 5.41) is 0. The van der Waals surface area contributed by atoms with E-state index < -0.39 is 10.0 Å². The Morgan fingerprint density at radius 1 is 1.14 bits per heavy atom. The molecular formula is C16H16BrNO2S. The van der Waals surface area contributed by atoms with E-state index in [1.807, 2.05) is 44.2 Å². The maximum absolute atomic E-state index is 13.0. The van der Waals surface area contributed by atoms with Crippen molar-refractivity contribution in [2.75, 3.05) is 10.8 Å². The number of fused-ring (bicyclic) bond motifs is 1. The Kier molecular flexibility index (Phi) is 3.58. The molecule has 5 heteroatoms. The minimum absolute atomic E-state index is 0.323. The summed E-state index contributed by atoms with van der Waals surface area (Å²) in [6.07, 6.45) is 0.764. The number of sulfonamides is 1. The lowest BCUT2D eigenvalue weighted by molar-refractivity contribution is 0.591. The van der Waals surface area contributed by atoms with Gasteiger partial charge < -0.3 is 0 Å². The number of halogens is 1. The smallest absolute Gasteiger partial charge is 0.265 e. The highest BCUT2D eigenvalue weighted by Gasteiger charge is 2.33. The van der Waals surface area contributed by atoms with Crippen LogP contribution in [0, 0.1) is 13.8 Å². The van der Waals surface area contributed by atoms with E-state index in [1.165, 1.54) is 4.31 Å². The fraction of sp³-hybridized carbons (Fsp3) is 0.250. The highest BCUT2D eigenvalue weighted by Crippen LogP contribution is 2.37. The fourth-order valence-electron chi connectivity index (χ4n) is 2.79. The van der Waals surface area contributed by atoms with Crippen LogP contribution in [0.1, 0.15) is 16.7 Å². The molecule has 21 heavy (non-hydrogen) atoms. The number of para-hydroxylation sites is 1. The molecule has 1 aliphatic rings. The van der Waals surface area contributed by atoms with Crippen LogP contribution < -0.4 is 4.31 Å². The Balaban J connectivity index is 2.14. The standard InChI is InChI=1S/C16H16BrNO2S/c1-11-6-7-15(14(17)10-11)21(19,20)18-9-8-13-5-3-4-12(2)16(13)18/h3-7,10H,8-9H2,1-2H3. The average molecular weight is 366 g/mol. The predicted octanol–water partition coefficient (Wildman–Crippen LogP) is 3.82. The molecule has 1 aliphatic heterocycles. The van der Waals surface area contributed by atoms with E-state index in [1.54, 1.807) is 6.07 Å². The van der Waals surface area contributed by atoms with Gasteiger partial charge in [0.15, 0.2) is 0 Å². The lowest BCUT2D eigenvalue weighted by Gasteiger charge is -2.22. The second kappa shape index (κ2) is 5.14. The highest BCUT2D eigenvalue weighted by atomic mass is 79.9. The third-order valence-corrected chi connectivity index (χ3v) is 6.59. The predicted molar refractivity (Wildman–Crippen MR) is 88.3 cm³/mol. The Morgan fingerprint density at radius 3 is 2.62 bits per heavy atom. The van der Waals surface area contributed by atoms with Gasteiger partial charge in [-0.05, 0) is 65.0 Å². The molecule has 3 rings (SSSR count). The third kappa shape index (κ3) is 2.38. The molecule has 0 N–H and O–H groups in total. The molecule has 0 unspecified atom stereocenters. The summed E-state index contributed by atoms with van der Waals surface area (Å²) in [4.78, 5) is 0.323. The molecule has 2 aromatic carbocycles. The van der Waals surface area contributed by atoms with Crippen LogP contribution in [0.5, 0.6) is 0 Å². The largest absolute Gasteiger partial charge is 0.265 e. The van der Waals surface area contributed by atoms with Gasteiger partial charge in [0.05, 0.1) is 5.69 Å². The van der Waals surface area contributed by atoms with Gasteiger partial charge in [-0.15, -0.1) is 0 Å². The van der Waals surface area contributed by atoms with Crippen LogP contribution in [0.4, 0.5) is 5.69 Å². The minimum Gasteiger partial charge on any atom is -0.265 e. The van der Waals surface area contributed by atoms with Gasteiger partial charge in [-0.25, -0.2) is 8.42 Å². The Labute approximate surface area is 133 Å². The number of anilines is 1. The van der Waals surface area contributed by atoms with Gasteiger partial charge in [-0.1, -0.05) is 24.3 Å². The molecule has 0 saturated carbocycles. The molecule has 0 atom stereocenters. The second-order valence-corrected chi connectivity index (χ2v) is 8.03. The van der Waals surface area contributed by atoms with Crippen molar-refractivity contribution in [3.05, 3.63) is 57.6 Å². The van der Waals surface area contributed by atoms with Crippen molar-refractivity contribution in [2.24, 2.45) is 0 Å². The lowest BCUT2D eigenvalue weighted by Crippen LogP contribution is -2.29. The number of benzene rings is 2. The molecule has 0 spiro atoms. The van der Waals surface area contributed by atoms with E-state index in [0.29, 0.717) is 15.9 Å². The van der Waals surface area contributed by atoms with E-state index in [4.69, 9.17) is 0 Å². The monoisotopic (exact) mass is 365 g/mol. The second-order valence-electron chi connectivity index (χ2n) is 5.34. The number of hydrogen-bond donors (Lipinski definition) is 0. The van der Waals surface area contributed by atoms with Gasteiger partial charge in [-0.2, -0.15) is 0 Å². The number of aryl methyl sites for hydroxylation is 2. The van der Waals surface area contributed by atoms with Gasteiger partial charge >= 0.3 is 0 Å². The van der Waals surface area contributed by atoms with Crippen molar-refractivity contribution in [1.82, 2.24) is 0 Å². The summed E-state index contributed by atoms with van der Waals surface area (Å²) < 4.78 is 28.1. The molecule has 0 aliphatic carbocycles. The van der Waals surface area contributed by atoms with Crippen LogP contribution in [0.2, 0.25) is 0 Å². The maximum atomic E-state index is 13.0. The molecule has 0 amide bonds. The van der Waals surface area contributed by atoms with E-state index in [0.717, 1.165) is 28.8 Å². The van der Waals surface area contributed by atoms with Crippen molar-refractivity contribution in [3.8, 4) is 0 Å². The summed E-state index contributed by atoms with van der Waals surface area (Å²) in [6.45, 7) is 4.40. The van der Waals surface area contributed by atoms with Gasteiger partial charge in [0.2, 0.25) is 0 Å². The first-order valence-electron chi connectivity index (χ1n) is 6.78.